The monoisotopic (exact) mass is 210 g/mol. The van der Waals surface area contributed by atoms with E-state index in [9.17, 15) is 0 Å². The number of halogens is 1. The van der Waals surface area contributed by atoms with E-state index in [4.69, 9.17) is 11.6 Å². The summed E-state index contributed by atoms with van der Waals surface area (Å²) in [4.78, 5) is 0. The summed E-state index contributed by atoms with van der Waals surface area (Å²) in [6.45, 7) is 2.22. The number of unbranched alkanes of at least 4 members (excludes halogenated alkanes) is 1. The minimum Gasteiger partial charge on any atom is -0.145 e. The van der Waals surface area contributed by atoms with E-state index in [0.29, 0.717) is 9.96 Å². The molecule has 0 amide bonds. The molecule has 0 radical (unpaired) electrons. The molecule has 1 rings (SSSR count). The van der Waals surface area contributed by atoms with Crippen molar-refractivity contribution in [2.24, 2.45) is 0 Å². The van der Waals surface area contributed by atoms with Crippen molar-refractivity contribution in [3.05, 3.63) is 0 Å². The molecule has 1 atom stereocenters. The fourth-order valence-electron chi connectivity index (χ4n) is 1.12. The molecule has 11 heavy (non-hydrogen) atoms. The molecule has 0 N–H and O–H groups in total. The maximum atomic E-state index is 6.22. The van der Waals surface area contributed by atoms with Crippen molar-refractivity contribution in [3.8, 4) is 0 Å². The van der Waals surface area contributed by atoms with Crippen LogP contribution in [0.25, 0.3) is 0 Å². The first kappa shape index (κ1) is 10.1. The lowest BCUT2D eigenvalue weighted by Gasteiger charge is -2.14. The summed E-state index contributed by atoms with van der Waals surface area (Å²) in [5.74, 6) is 2.59. The molecule has 0 spiro atoms. The third kappa shape index (κ3) is 3.47. The lowest BCUT2D eigenvalue weighted by molar-refractivity contribution is 0.704. The SMILES string of the molecule is CCCCC(Cl)C1SCCS1. The van der Waals surface area contributed by atoms with Crippen LogP contribution in [0.2, 0.25) is 0 Å². The van der Waals surface area contributed by atoms with Crippen molar-refractivity contribution in [2.75, 3.05) is 11.5 Å². The van der Waals surface area contributed by atoms with Crippen LogP contribution >= 0.6 is 35.1 Å². The van der Waals surface area contributed by atoms with Crippen molar-refractivity contribution in [1.29, 1.82) is 0 Å². The number of hydrogen-bond acceptors (Lipinski definition) is 2. The first-order valence-corrected chi connectivity index (χ1v) is 6.75. The summed E-state index contributed by atoms with van der Waals surface area (Å²) >= 11 is 10.3. The van der Waals surface area contributed by atoms with Crippen LogP contribution in [0.4, 0.5) is 0 Å². The normalized spacial score (nSPS) is 22.4. The van der Waals surface area contributed by atoms with Crippen LogP contribution in [-0.2, 0) is 0 Å². The van der Waals surface area contributed by atoms with Crippen molar-refractivity contribution < 1.29 is 0 Å². The first-order valence-electron chi connectivity index (χ1n) is 4.22. The molecular weight excluding hydrogens is 196 g/mol. The molecule has 66 valence electrons. The van der Waals surface area contributed by atoms with Gasteiger partial charge in [-0.15, -0.1) is 35.1 Å². The number of hydrogen-bond donors (Lipinski definition) is 0. The fraction of sp³-hybridized carbons (Fsp3) is 1.00. The maximum Gasteiger partial charge on any atom is 0.0666 e. The standard InChI is InChI=1S/C8H15ClS2/c1-2-3-4-7(9)8-10-5-6-11-8/h7-8H,2-6H2,1H3. The minimum absolute atomic E-state index is 0.410. The molecule has 0 saturated carbocycles. The summed E-state index contributed by atoms with van der Waals surface area (Å²) in [5, 5.41) is 0.410. The highest BCUT2D eigenvalue weighted by molar-refractivity contribution is 8.20. The maximum absolute atomic E-state index is 6.22. The average molecular weight is 211 g/mol. The Morgan fingerprint density at radius 1 is 1.45 bits per heavy atom. The predicted molar refractivity (Wildman–Crippen MR) is 57.9 cm³/mol. The average Bonchev–Trinajstić information content (AvgIpc) is 2.52. The topological polar surface area (TPSA) is 0 Å². The van der Waals surface area contributed by atoms with Gasteiger partial charge in [0.1, 0.15) is 0 Å². The number of rotatable bonds is 4. The van der Waals surface area contributed by atoms with E-state index in [2.05, 4.69) is 6.92 Å². The van der Waals surface area contributed by atoms with Gasteiger partial charge in [-0.25, -0.2) is 0 Å². The molecule has 0 nitrogen and oxygen atoms in total. The van der Waals surface area contributed by atoms with Gasteiger partial charge in [0.05, 0.1) is 9.96 Å². The second kappa shape index (κ2) is 5.60. The van der Waals surface area contributed by atoms with Crippen LogP contribution in [0.3, 0.4) is 0 Å². The van der Waals surface area contributed by atoms with Crippen LogP contribution < -0.4 is 0 Å². The lowest BCUT2D eigenvalue weighted by atomic mass is 10.2. The zero-order valence-corrected chi connectivity index (χ0v) is 9.27. The van der Waals surface area contributed by atoms with Crippen LogP contribution in [0.1, 0.15) is 26.2 Å². The smallest absolute Gasteiger partial charge is 0.0666 e. The summed E-state index contributed by atoms with van der Waals surface area (Å²) in [7, 11) is 0. The van der Waals surface area contributed by atoms with E-state index >= 15 is 0 Å². The molecule has 1 aliphatic heterocycles. The Morgan fingerprint density at radius 3 is 2.64 bits per heavy atom. The Balaban J connectivity index is 2.12. The van der Waals surface area contributed by atoms with E-state index < -0.39 is 0 Å². The third-order valence-electron chi connectivity index (χ3n) is 1.78. The molecular formula is C8H15ClS2. The van der Waals surface area contributed by atoms with Crippen LogP contribution in [0.5, 0.6) is 0 Å². The number of thioether (sulfide) groups is 2. The van der Waals surface area contributed by atoms with E-state index in [1.54, 1.807) is 0 Å². The molecule has 0 aliphatic carbocycles. The minimum atomic E-state index is 0.410. The van der Waals surface area contributed by atoms with E-state index in [-0.39, 0.29) is 0 Å². The van der Waals surface area contributed by atoms with Gasteiger partial charge in [-0.3, -0.25) is 0 Å². The van der Waals surface area contributed by atoms with Crippen LogP contribution in [0, 0.1) is 0 Å². The zero-order valence-electron chi connectivity index (χ0n) is 6.88. The predicted octanol–water partition coefficient (Wildman–Crippen LogP) is 3.59. The molecule has 3 heteroatoms. The van der Waals surface area contributed by atoms with Gasteiger partial charge < -0.3 is 0 Å². The van der Waals surface area contributed by atoms with E-state index in [1.165, 1.54) is 30.8 Å². The molecule has 1 fully saturated rings. The summed E-state index contributed by atoms with van der Waals surface area (Å²) in [6.07, 6.45) is 3.75. The Labute approximate surface area is 82.8 Å². The van der Waals surface area contributed by atoms with E-state index in [1.807, 2.05) is 23.5 Å². The second-order valence-electron chi connectivity index (χ2n) is 2.77. The van der Waals surface area contributed by atoms with Crippen molar-refractivity contribution in [3.63, 3.8) is 0 Å². The molecule has 1 aliphatic rings. The van der Waals surface area contributed by atoms with Crippen LogP contribution in [0.15, 0.2) is 0 Å². The van der Waals surface area contributed by atoms with Gasteiger partial charge in [0.25, 0.3) is 0 Å². The van der Waals surface area contributed by atoms with Crippen molar-refractivity contribution in [1.82, 2.24) is 0 Å². The van der Waals surface area contributed by atoms with E-state index in [0.717, 1.165) is 0 Å². The van der Waals surface area contributed by atoms with Gasteiger partial charge in [-0.1, -0.05) is 19.8 Å². The highest BCUT2D eigenvalue weighted by atomic mass is 35.5. The van der Waals surface area contributed by atoms with Gasteiger partial charge in [-0.2, -0.15) is 0 Å². The molecule has 0 bridgehead atoms. The van der Waals surface area contributed by atoms with Gasteiger partial charge in [-0.05, 0) is 6.42 Å². The first-order chi connectivity index (χ1) is 5.34. The highest BCUT2D eigenvalue weighted by Gasteiger charge is 2.23. The Hall–Kier alpha value is 0.990. The van der Waals surface area contributed by atoms with Gasteiger partial charge in [0, 0.05) is 11.5 Å². The zero-order chi connectivity index (χ0) is 8.10. The highest BCUT2D eigenvalue weighted by Crippen LogP contribution is 2.38. The van der Waals surface area contributed by atoms with Gasteiger partial charge in [0.2, 0.25) is 0 Å². The molecule has 0 aromatic heterocycles. The Kier molecular flexibility index (Phi) is 5.13. The molecule has 1 heterocycles. The van der Waals surface area contributed by atoms with Gasteiger partial charge >= 0.3 is 0 Å². The molecule has 1 saturated heterocycles. The third-order valence-corrected chi connectivity index (χ3v) is 5.81. The van der Waals surface area contributed by atoms with Crippen LogP contribution in [-0.4, -0.2) is 21.5 Å². The Morgan fingerprint density at radius 2 is 2.09 bits per heavy atom. The summed E-state index contributed by atoms with van der Waals surface area (Å²) < 4.78 is 0.684. The Bertz CT molecular complexity index is 102. The largest absolute Gasteiger partial charge is 0.145 e. The quantitative estimate of drug-likeness (QED) is 0.651. The van der Waals surface area contributed by atoms with Gasteiger partial charge in [0.15, 0.2) is 0 Å². The molecule has 0 aromatic carbocycles. The number of alkyl halides is 1. The lowest BCUT2D eigenvalue weighted by Crippen LogP contribution is -2.10. The van der Waals surface area contributed by atoms with Crippen molar-refractivity contribution in [2.45, 2.75) is 36.1 Å². The second-order valence-corrected chi connectivity index (χ2v) is 6.13. The summed E-state index contributed by atoms with van der Waals surface area (Å²) in [6, 6.07) is 0. The molecule has 1 unspecified atom stereocenters. The fourth-order valence-corrected chi connectivity index (χ4v) is 4.60. The van der Waals surface area contributed by atoms with Crippen molar-refractivity contribution >= 4 is 35.1 Å². The summed E-state index contributed by atoms with van der Waals surface area (Å²) in [5.41, 5.74) is 0. The molecule has 0 aromatic rings.